The van der Waals surface area contributed by atoms with Gasteiger partial charge in [-0.2, -0.15) is 0 Å². The summed E-state index contributed by atoms with van der Waals surface area (Å²) in [5.74, 6) is 0. The molecule has 0 unspecified atom stereocenters. The van der Waals surface area contributed by atoms with Crippen molar-refractivity contribution in [1.82, 2.24) is 15.5 Å². The minimum Gasteiger partial charge on any atom is -0.338 e. The van der Waals surface area contributed by atoms with Crippen LogP contribution in [-0.2, 0) is 6.54 Å². The van der Waals surface area contributed by atoms with Gasteiger partial charge in [-0.3, -0.25) is 0 Å². The van der Waals surface area contributed by atoms with E-state index in [0.717, 1.165) is 19.5 Å². The van der Waals surface area contributed by atoms with E-state index < -0.39 is 0 Å². The molecule has 2 N–H and O–H groups in total. The van der Waals surface area contributed by atoms with Gasteiger partial charge in [-0.15, -0.1) is 0 Å². The van der Waals surface area contributed by atoms with Crippen molar-refractivity contribution in [3.63, 3.8) is 0 Å². The number of carbonyl (C=O) groups is 1. The van der Waals surface area contributed by atoms with Crippen LogP contribution in [0.2, 0.25) is 0 Å². The molecule has 0 heterocycles. The van der Waals surface area contributed by atoms with E-state index in [1.165, 1.54) is 5.56 Å². The van der Waals surface area contributed by atoms with E-state index in [1.807, 2.05) is 19.9 Å². The average molecular weight is 263 g/mol. The Morgan fingerprint density at radius 1 is 1.26 bits per heavy atom. The van der Waals surface area contributed by atoms with Gasteiger partial charge < -0.3 is 15.5 Å². The smallest absolute Gasteiger partial charge is 0.314 e. The fraction of sp³-hybridized carbons (Fsp3) is 0.533. The first kappa shape index (κ1) is 15.5. The first-order valence-corrected chi connectivity index (χ1v) is 6.84. The van der Waals surface area contributed by atoms with Gasteiger partial charge >= 0.3 is 6.03 Å². The summed E-state index contributed by atoms with van der Waals surface area (Å²) in [6, 6.07) is 10.5. The van der Waals surface area contributed by atoms with Crippen molar-refractivity contribution in [2.45, 2.75) is 32.9 Å². The molecule has 0 aliphatic carbocycles. The maximum atomic E-state index is 11.4. The summed E-state index contributed by atoms with van der Waals surface area (Å²) < 4.78 is 0. The van der Waals surface area contributed by atoms with Gasteiger partial charge in [0.15, 0.2) is 0 Å². The first-order valence-electron chi connectivity index (χ1n) is 6.84. The third-order valence-electron chi connectivity index (χ3n) is 2.72. The van der Waals surface area contributed by atoms with E-state index >= 15 is 0 Å². The van der Waals surface area contributed by atoms with Gasteiger partial charge in [-0.25, -0.2) is 4.79 Å². The van der Waals surface area contributed by atoms with Gasteiger partial charge in [0.2, 0.25) is 0 Å². The average Bonchev–Trinajstić information content (AvgIpc) is 2.35. The van der Waals surface area contributed by atoms with Crippen molar-refractivity contribution in [2.24, 2.45) is 0 Å². The van der Waals surface area contributed by atoms with E-state index in [1.54, 1.807) is 0 Å². The Morgan fingerprint density at radius 2 is 1.95 bits per heavy atom. The number of hydrogen-bond donors (Lipinski definition) is 2. The second-order valence-corrected chi connectivity index (χ2v) is 5.13. The molecular weight excluding hydrogens is 238 g/mol. The summed E-state index contributed by atoms with van der Waals surface area (Å²) in [7, 11) is 2.10. The van der Waals surface area contributed by atoms with Crippen molar-refractivity contribution >= 4 is 6.03 Å². The lowest BCUT2D eigenvalue weighted by molar-refractivity contribution is 0.237. The van der Waals surface area contributed by atoms with Gasteiger partial charge in [0.25, 0.3) is 0 Å². The molecule has 0 fully saturated rings. The summed E-state index contributed by atoms with van der Waals surface area (Å²) in [5.41, 5.74) is 1.32. The van der Waals surface area contributed by atoms with Crippen LogP contribution in [0.3, 0.4) is 0 Å². The third kappa shape index (κ3) is 7.47. The van der Waals surface area contributed by atoms with Crippen LogP contribution in [0.5, 0.6) is 0 Å². The molecule has 0 aromatic heterocycles. The fourth-order valence-electron chi connectivity index (χ4n) is 1.84. The van der Waals surface area contributed by atoms with Crippen LogP contribution in [0, 0.1) is 0 Å². The lowest BCUT2D eigenvalue weighted by Crippen LogP contribution is -2.40. The van der Waals surface area contributed by atoms with Crippen LogP contribution >= 0.6 is 0 Å². The number of nitrogens with one attached hydrogen (secondary N) is 2. The number of benzene rings is 1. The Hall–Kier alpha value is -1.55. The van der Waals surface area contributed by atoms with E-state index in [9.17, 15) is 4.79 Å². The molecule has 0 aliphatic heterocycles. The number of hydrogen-bond acceptors (Lipinski definition) is 2. The Labute approximate surface area is 116 Å². The van der Waals surface area contributed by atoms with E-state index in [0.29, 0.717) is 6.54 Å². The summed E-state index contributed by atoms with van der Waals surface area (Å²) >= 11 is 0. The zero-order valence-electron chi connectivity index (χ0n) is 12.1. The number of urea groups is 1. The molecule has 0 saturated heterocycles. The molecular formula is C15H25N3O. The van der Waals surface area contributed by atoms with Gasteiger partial charge in [0, 0.05) is 19.1 Å². The highest BCUT2D eigenvalue weighted by molar-refractivity contribution is 5.73. The Bertz CT molecular complexity index is 365. The predicted molar refractivity (Wildman–Crippen MR) is 79.1 cm³/mol. The molecule has 0 aliphatic rings. The second kappa shape index (κ2) is 8.53. The molecule has 106 valence electrons. The SMILES string of the molecule is CC(C)NC(=O)NCCCN(C)Cc1ccccc1. The molecule has 0 saturated carbocycles. The summed E-state index contributed by atoms with van der Waals surface area (Å²) in [4.78, 5) is 13.6. The highest BCUT2D eigenvalue weighted by Crippen LogP contribution is 2.02. The Morgan fingerprint density at radius 3 is 2.58 bits per heavy atom. The molecule has 2 amide bonds. The van der Waals surface area contributed by atoms with Crippen LogP contribution in [-0.4, -0.2) is 37.1 Å². The number of amides is 2. The predicted octanol–water partition coefficient (Wildman–Crippen LogP) is 2.22. The molecule has 0 spiro atoms. The molecule has 4 nitrogen and oxygen atoms in total. The summed E-state index contributed by atoms with van der Waals surface area (Å²) in [6.45, 7) is 6.52. The highest BCUT2D eigenvalue weighted by atomic mass is 16.2. The molecule has 19 heavy (non-hydrogen) atoms. The zero-order chi connectivity index (χ0) is 14.1. The van der Waals surface area contributed by atoms with Gasteiger partial charge in [0.05, 0.1) is 0 Å². The standard InChI is InChI=1S/C15H25N3O/c1-13(2)17-15(19)16-10-7-11-18(3)12-14-8-5-4-6-9-14/h4-6,8-9,13H,7,10-12H2,1-3H3,(H2,16,17,19). The van der Waals surface area contributed by atoms with Crippen molar-refractivity contribution in [3.8, 4) is 0 Å². The van der Waals surface area contributed by atoms with Crippen molar-refractivity contribution in [2.75, 3.05) is 20.1 Å². The highest BCUT2D eigenvalue weighted by Gasteiger charge is 2.02. The van der Waals surface area contributed by atoms with Gasteiger partial charge in [0.1, 0.15) is 0 Å². The fourth-order valence-corrected chi connectivity index (χ4v) is 1.84. The molecule has 0 bridgehead atoms. The Balaban J connectivity index is 2.11. The van der Waals surface area contributed by atoms with Crippen LogP contribution in [0.25, 0.3) is 0 Å². The number of carbonyl (C=O) groups excluding carboxylic acids is 1. The summed E-state index contributed by atoms with van der Waals surface area (Å²) in [6.07, 6.45) is 0.953. The zero-order valence-corrected chi connectivity index (χ0v) is 12.1. The number of rotatable bonds is 7. The van der Waals surface area contributed by atoms with E-state index in [4.69, 9.17) is 0 Å². The first-order chi connectivity index (χ1) is 9.08. The van der Waals surface area contributed by atoms with E-state index in [2.05, 4.69) is 46.8 Å². The van der Waals surface area contributed by atoms with Crippen molar-refractivity contribution in [1.29, 1.82) is 0 Å². The quantitative estimate of drug-likeness (QED) is 0.741. The van der Waals surface area contributed by atoms with Crippen LogP contribution in [0.1, 0.15) is 25.8 Å². The maximum absolute atomic E-state index is 11.4. The summed E-state index contributed by atoms with van der Waals surface area (Å²) in [5, 5.41) is 5.66. The largest absolute Gasteiger partial charge is 0.338 e. The lowest BCUT2D eigenvalue weighted by Gasteiger charge is -2.17. The molecule has 0 radical (unpaired) electrons. The lowest BCUT2D eigenvalue weighted by atomic mass is 10.2. The van der Waals surface area contributed by atoms with Crippen molar-refractivity contribution in [3.05, 3.63) is 35.9 Å². The van der Waals surface area contributed by atoms with Crippen LogP contribution in [0.4, 0.5) is 4.79 Å². The molecule has 4 heteroatoms. The van der Waals surface area contributed by atoms with Gasteiger partial charge in [-0.1, -0.05) is 30.3 Å². The minimum absolute atomic E-state index is 0.0827. The molecule has 1 aromatic rings. The molecule has 1 rings (SSSR count). The Kier molecular flexibility index (Phi) is 6.97. The normalized spacial score (nSPS) is 10.8. The number of nitrogens with zero attached hydrogens (tertiary/aromatic N) is 1. The van der Waals surface area contributed by atoms with Gasteiger partial charge in [-0.05, 0) is 39.4 Å². The van der Waals surface area contributed by atoms with Crippen LogP contribution in [0.15, 0.2) is 30.3 Å². The van der Waals surface area contributed by atoms with Crippen LogP contribution < -0.4 is 10.6 Å². The molecule has 1 aromatic carbocycles. The molecule has 0 atom stereocenters. The maximum Gasteiger partial charge on any atom is 0.314 e. The third-order valence-corrected chi connectivity index (χ3v) is 2.72. The van der Waals surface area contributed by atoms with E-state index in [-0.39, 0.29) is 12.1 Å². The minimum atomic E-state index is -0.0827. The monoisotopic (exact) mass is 263 g/mol. The second-order valence-electron chi connectivity index (χ2n) is 5.13. The van der Waals surface area contributed by atoms with Crippen molar-refractivity contribution < 1.29 is 4.79 Å². The topological polar surface area (TPSA) is 44.4 Å².